The van der Waals surface area contributed by atoms with Crippen molar-refractivity contribution >= 4 is 43.3 Å². The van der Waals surface area contributed by atoms with Gasteiger partial charge >= 0.3 is 23.1 Å². The molecule has 0 atom stereocenters. The van der Waals surface area contributed by atoms with E-state index in [-0.39, 0.29) is 47.8 Å². The van der Waals surface area contributed by atoms with Gasteiger partial charge in [0.05, 0.1) is 45.0 Å². The van der Waals surface area contributed by atoms with Gasteiger partial charge in [-0.15, -0.1) is 0 Å². The second-order valence-electron chi connectivity index (χ2n) is 7.34. The Bertz CT molecular complexity index is 609. The average Bonchev–Trinajstić information content (AvgIpc) is 2.67. The monoisotopic (exact) mass is 498 g/mol. The van der Waals surface area contributed by atoms with Crippen LogP contribution >= 0.6 is 0 Å². The smallest absolute Gasteiger partial charge is 0.748 e. The van der Waals surface area contributed by atoms with Crippen LogP contribution in [0.3, 0.4) is 0 Å². The Morgan fingerprint density at radius 2 is 0.774 bits per heavy atom. The van der Waals surface area contributed by atoms with Crippen LogP contribution in [0.4, 0.5) is 0 Å². The Hall–Kier alpha value is 0.346. The number of aliphatic hydroxyl groups is 2. The number of rotatable bonds is 10. The van der Waals surface area contributed by atoms with Crippen LogP contribution in [0, 0.1) is 0 Å². The first kappa shape index (κ1) is 31.3. The minimum Gasteiger partial charge on any atom is -0.748 e. The third kappa shape index (κ3) is 16.6. The molecule has 0 aliphatic carbocycles. The van der Waals surface area contributed by atoms with E-state index < -0.39 is 20.2 Å². The zero-order valence-corrected chi connectivity index (χ0v) is 21.0. The molecule has 180 valence electrons. The molecule has 31 heavy (non-hydrogen) atoms. The molecule has 0 saturated carbocycles. The van der Waals surface area contributed by atoms with Gasteiger partial charge in [-0.2, -0.15) is 0 Å². The van der Waals surface area contributed by atoms with E-state index in [4.69, 9.17) is 10.2 Å². The Labute approximate surface area is 201 Å². The van der Waals surface area contributed by atoms with Gasteiger partial charge in [0.15, 0.2) is 0 Å². The maximum atomic E-state index is 10.4. The molecule has 0 bridgehead atoms. The van der Waals surface area contributed by atoms with Gasteiger partial charge in [0, 0.05) is 78.5 Å². The van der Waals surface area contributed by atoms with Crippen LogP contribution in [-0.4, -0.2) is 182 Å². The number of hydrogen-bond acceptors (Lipinski definition) is 12. The summed E-state index contributed by atoms with van der Waals surface area (Å²) in [6.07, 6.45) is 0. The van der Waals surface area contributed by atoms with Gasteiger partial charge in [0.1, 0.15) is 0 Å². The Balaban J connectivity index is 0.000000562. The maximum absolute atomic E-state index is 10.4. The van der Waals surface area contributed by atoms with Crippen LogP contribution in [0.15, 0.2) is 0 Å². The maximum Gasteiger partial charge on any atom is 2.00 e. The normalized spacial score (nSPS) is 20.0. The van der Waals surface area contributed by atoms with E-state index in [1.807, 2.05) is 9.80 Å². The summed E-state index contributed by atoms with van der Waals surface area (Å²) in [6, 6.07) is 0. The van der Waals surface area contributed by atoms with Crippen LogP contribution in [0.5, 0.6) is 0 Å². The van der Waals surface area contributed by atoms with Crippen molar-refractivity contribution in [3.05, 3.63) is 0 Å². The summed E-state index contributed by atoms with van der Waals surface area (Å²) in [6.45, 7) is 8.57. The molecule has 0 aromatic rings. The van der Waals surface area contributed by atoms with E-state index in [2.05, 4.69) is 9.80 Å². The van der Waals surface area contributed by atoms with Crippen molar-refractivity contribution in [1.82, 2.24) is 19.6 Å². The average molecular weight is 499 g/mol. The fourth-order valence-corrected chi connectivity index (χ4v) is 4.20. The fraction of sp³-hybridized carbons (Fsp3) is 1.00. The molecule has 2 rings (SSSR count). The van der Waals surface area contributed by atoms with E-state index >= 15 is 0 Å². The molecule has 2 saturated heterocycles. The molecule has 0 unspecified atom stereocenters. The van der Waals surface area contributed by atoms with Crippen molar-refractivity contribution in [2.75, 3.05) is 103 Å². The van der Waals surface area contributed by atoms with Gasteiger partial charge < -0.3 is 19.3 Å². The van der Waals surface area contributed by atoms with Crippen molar-refractivity contribution in [1.29, 1.82) is 0 Å². The minimum atomic E-state index is -4.09. The quantitative estimate of drug-likeness (QED) is 0.221. The first-order valence-corrected chi connectivity index (χ1v) is 13.2. The third-order valence-electron chi connectivity index (χ3n) is 5.08. The van der Waals surface area contributed by atoms with Crippen molar-refractivity contribution in [3.63, 3.8) is 0 Å². The van der Waals surface area contributed by atoms with Gasteiger partial charge in [-0.1, -0.05) is 0 Å². The van der Waals surface area contributed by atoms with Crippen LogP contribution in [-0.2, 0) is 20.2 Å². The van der Waals surface area contributed by atoms with Crippen molar-refractivity contribution in [2.24, 2.45) is 0 Å². The predicted octanol–water partition coefficient (Wildman–Crippen LogP) is -4.10. The van der Waals surface area contributed by atoms with Crippen LogP contribution in [0.25, 0.3) is 0 Å². The molecule has 0 spiro atoms. The SMILES string of the molecule is O=S(=O)([O-])CCN1CCN(CCO)CC1.O=S(=O)([O-])CCN1CCN(CCO)CC1.[Mg+2]. The molecule has 2 aliphatic rings. The van der Waals surface area contributed by atoms with E-state index in [0.29, 0.717) is 26.2 Å². The number of β-amino-alcohol motifs (C(OH)–C–C–N with tert-alkyl or cyclic N) is 2. The molecule has 0 aromatic heterocycles. The second-order valence-corrected chi connectivity index (χ2v) is 10.4. The van der Waals surface area contributed by atoms with Crippen LogP contribution in [0.1, 0.15) is 0 Å². The van der Waals surface area contributed by atoms with Crippen molar-refractivity contribution in [3.8, 4) is 0 Å². The molecule has 0 aromatic carbocycles. The standard InChI is InChI=1S/2C8H18N2O4S.Mg/c2*11-7-5-9-1-3-10(4-2-9)6-8-15(12,13)14;/h2*11H,1-8H2,(H,12,13,14);/q;;+2/p-2. The Kier molecular flexibility index (Phi) is 16.2. The molecule has 0 radical (unpaired) electrons. The van der Waals surface area contributed by atoms with E-state index in [1.165, 1.54) is 0 Å². The largest absolute Gasteiger partial charge is 2.00 e. The van der Waals surface area contributed by atoms with Crippen molar-refractivity contribution in [2.45, 2.75) is 0 Å². The van der Waals surface area contributed by atoms with Gasteiger partial charge in [-0.05, 0) is 0 Å². The molecule has 0 amide bonds. The zero-order valence-electron chi connectivity index (χ0n) is 18.0. The van der Waals surface area contributed by atoms with E-state index in [9.17, 15) is 25.9 Å². The van der Waals surface area contributed by atoms with E-state index in [1.54, 1.807) is 0 Å². The summed E-state index contributed by atoms with van der Waals surface area (Å²) >= 11 is 0. The number of aliphatic hydroxyl groups excluding tert-OH is 2. The van der Waals surface area contributed by atoms with Crippen LogP contribution in [0.2, 0.25) is 0 Å². The molecular formula is C16H34MgN4O8S2. The van der Waals surface area contributed by atoms with Gasteiger partial charge in [-0.3, -0.25) is 19.6 Å². The number of nitrogens with zero attached hydrogens (tertiary/aromatic N) is 4. The van der Waals surface area contributed by atoms with Gasteiger partial charge in [0.2, 0.25) is 0 Å². The minimum absolute atomic E-state index is 0. The summed E-state index contributed by atoms with van der Waals surface area (Å²) in [5.74, 6) is -0.625. The first-order chi connectivity index (χ1) is 14.0. The fourth-order valence-electron chi connectivity index (χ4n) is 3.24. The van der Waals surface area contributed by atoms with Gasteiger partial charge in [-0.25, -0.2) is 16.8 Å². The molecule has 15 heteroatoms. The van der Waals surface area contributed by atoms with Crippen LogP contribution < -0.4 is 0 Å². The summed E-state index contributed by atoms with van der Waals surface area (Å²) in [7, 11) is -8.19. The first-order valence-electron chi connectivity index (χ1n) is 10.0. The zero-order chi connectivity index (χ0) is 22.6. The summed E-state index contributed by atoms with van der Waals surface area (Å²) in [4.78, 5) is 8.15. The molecule has 2 heterocycles. The predicted molar refractivity (Wildman–Crippen MR) is 115 cm³/mol. The van der Waals surface area contributed by atoms with E-state index in [0.717, 1.165) is 52.4 Å². The number of hydrogen-bond donors (Lipinski definition) is 2. The molecule has 2 N–H and O–H groups in total. The third-order valence-corrected chi connectivity index (χ3v) is 6.44. The molecule has 2 fully saturated rings. The number of piperazine rings is 2. The Morgan fingerprint density at radius 1 is 0.548 bits per heavy atom. The Morgan fingerprint density at radius 3 is 0.968 bits per heavy atom. The summed E-state index contributed by atoms with van der Waals surface area (Å²) in [5, 5.41) is 17.4. The van der Waals surface area contributed by atoms with Gasteiger partial charge in [0.25, 0.3) is 0 Å². The molecule has 2 aliphatic heterocycles. The topological polar surface area (TPSA) is 168 Å². The summed E-state index contributed by atoms with van der Waals surface area (Å²) in [5.41, 5.74) is 0. The van der Waals surface area contributed by atoms with Crippen molar-refractivity contribution < 1.29 is 36.2 Å². The molecule has 12 nitrogen and oxygen atoms in total. The summed E-state index contributed by atoms with van der Waals surface area (Å²) < 4.78 is 62.5. The second kappa shape index (κ2) is 16.1. The molecular weight excluding hydrogens is 465 g/mol.